The highest BCUT2D eigenvalue weighted by Crippen LogP contribution is 2.30. The van der Waals surface area contributed by atoms with E-state index in [-0.39, 0.29) is 35.8 Å². The molecule has 4 rings (SSSR count). The number of carbonyl (C=O) groups excluding carboxylic acids is 2. The third-order valence-electron chi connectivity index (χ3n) is 6.21. The van der Waals surface area contributed by atoms with Crippen molar-refractivity contribution in [1.82, 2.24) is 25.2 Å². The average Bonchev–Trinajstić information content (AvgIpc) is 2.90. The maximum absolute atomic E-state index is 12.7. The predicted octanol–water partition coefficient (Wildman–Crippen LogP) is 3.37. The molecule has 0 radical (unpaired) electrons. The molecule has 1 aliphatic heterocycles. The van der Waals surface area contributed by atoms with Crippen LogP contribution < -0.4 is 10.2 Å². The molecule has 0 spiro atoms. The number of carbonyl (C=O) groups is 2. The summed E-state index contributed by atoms with van der Waals surface area (Å²) in [5.41, 5.74) is 0.794. The van der Waals surface area contributed by atoms with Gasteiger partial charge in [0.2, 0.25) is 0 Å². The van der Waals surface area contributed by atoms with Crippen molar-refractivity contribution in [3.05, 3.63) is 53.6 Å². The molecule has 3 aromatic heterocycles. The number of anilines is 1. The number of nitriles is 1. The van der Waals surface area contributed by atoms with Crippen LogP contribution in [0.3, 0.4) is 0 Å². The van der Waals surface area contributed by atoms with Gasteiger partial charge in [0.1, 0.15) is 23.2 Å². The second kappa shape index (κ2) is 10.9. The Morgan fingerprint density at radius 2 is 1.97 bits per heavy atom. The molecule has 11 nitrogen and oxygen atoms in total. The number of ether oxygens (including phenoxy) is 1. The Hall–Kier alpha value is -4.46. The van der Waals surface area contributed by atoms with Crippen molar-refractivity contribution in [2.75, 3.05) is 24.5 Å². The van der Waals surface area contributed by atoms with Crippen molar-refractivity contribution in [3.8, 4) is 11.8 Å². The Kier molecular flexibility index (Phi) is 7.62. The van der Waals surface area contributed by atoms with Crippen LogP contribution in [0.2, 0.25) is 0 Å². The second-order valence-electron chi connectivity index (χ2n) is 10.1. The van der Waals surface area contributed by atoms with E-state index in [2.05, 4.69) is 27.1 Å². The Morgan fingerprint density at radius 1 is 1.18 bits per heavy atom. The Morgan fingerprint density at radius 3 is 2.63 bits per heavy atom. The minimum absolute atomic E-state index is 0.0459. The van der Waals surface area contributed by atoms with Crippen molar-refractivity contribution in [2.45, 2.75) is 52.3 Å². The molecule has 38 heavy (non-hydrogen) atoms. The van der Waals surface area contributed by atoms with Crippen LogP contribution in [-0.2, 0) is 11.3 Å². The lowest BCUT2D eigenvalue weighted by atomic mass is 10.1. The summed E-state index contributed by atoms with van der Waals surface area (Å²) in [6, 6.07) is 8.78. The van der Waals surface area contributed by atoms with Crippen LogP contribution in [0.1, 0.15) is 55.9 Å². The zero-order chi connectivity index (χ0) is 27.4. The van der Waals surface area contributed by atoms with Crippen molar-refractivity contribution in [2.24, 2.45) is 0 Å². The number of nitrogens with zero attached hydrogens (tertiary/aromatic N) is 6. The zero-order valence-corrected chi connectivity index (χ0v) is 21.9. The molecular weight excluding hydrogens is 486 g/mol. The first-order chi connectivity index (χ1) is 18.1. The largest absolute Gasteiger partial charge is 0.505 e. The topological polar surface area (TPSA) is 145 Å². The SMILES string of the molecule is CC[C@H]1CN(C(=O)OC(C)(C)C)CCN1c1ccc2c(O)c(C(=O)NCc3ccc(C#N)nc3)ncc2n1. The standard InChI is InChI=1S/C27H31N7O4/c1-5-19-16-33(26(37)38-27(2,3)4)10-11-34(19)22-9-8-20-21(32-22)15-30-23(24(20)35)25(36)31-14-17-6-7-18(12-28)29-13-17/h6-9,13,15,19,35H,5,10-11,14,16H2,1-4H3,(H,31,36)/t19-/m0/s1. The van der Waals surface area contributed by atoms with E-state index in [9.17, 15) is 14.7 Å². The summed E-state index contributed by atoms with van der Waals surface area (Å²) in [6.45, 7) is 9.38. The number of nitrogens with one attached hydrogen (secondary N) is 1. The number of aromatic nitrogens is 3. The number of rotatable bonds is 5. The molecule has 1 fully saturated rings. The van der Waals surface area contributed by atoms with Gasteiger partial charge in [-0.05, 0) is 51.0 Å². The highest BCUT2D eigenvalue weighted by molar-refractivity contribution is 6.00. The lowest BCUT2D eigenvalue weighted by molar-refractivity contribution is 0.0213. The maximum atomic E-state index is 12.7. The van der Waals surface area contributed by atoms with Crippen molar-refractivity contribution in [1.29, 1.82) is 5.26 Å². The van der Waals surface area contributed by atoms with E-state index in [1.165, 1.54) is 12.4 Å². The second-order valence-corrected chi connectivity index (χ2v) is 10.1. The van der Waals surface area contributed by atoms with Gasteiger partial charge in [-0.3, -0.25) is 4.79 Å². The molecule has 0 saturated carbocycles. The smallest absolute Gasteiger partial charge is 0.410 e. The molecule has 1 atom stereocenters. The van der Waals surface area contributed by atoms with Crippen LogP contribution in [0.5, 0.6) is 5.75 Å². The quantitative estimate of drug-likeness (QED) is 0.520. The molecule has 1 aliphatic rings. The molecule has 2 N–H and O–H groups in total. The van der Waals surface area contributed by atoms with Gasteiger partial charge in [0.15, 0.2) is 11.4 Å². The molecule has 0 aliphatic carbocycles. The summed E-state index contributed by atoms with van der Waals surface area (Å²) in [5.74, 6) is -0.0826. The summed E-state index contributed by atoms with van der Waals surface area (Å²) < 4.78 is 5.53. The van der Waals surface area contributed by atoms with Crippen LogP contribution in [0.15, 0.2) is 36.7 Å². The van der Waals surface area contributed by atoms with Gasteiger partial charge in [0.05, 0.1) is 11.7 Å². The summed E-state index contributed by atoms with van der Waals surface area (Å²) in [4.78, 5) is 42.0. The molecular formula is C27H31N7O4. The fourth-order valence-electron chi connectivity index (χ4n) is 4.26. The molecule has 4 heterocycles. The number of amides is 2. The van der Waals surface area contributed by atoms with Gasteiger partial charge in [-0.15, -0.1) is 0 Å². The van der Waals surface area contributed by atoms with Gasteiger partial charge in [0.25, 0.3) is 5.91 Å². The molecule has 0 aromatic carbocycles. The van der Waals surface area contributed by atoms with E-state index in [1.807, 2.05) is 26.8 Å². The van der Waals surface area contributed by atoms with Crippen LogP contribution in [-0.4, -0.2) is 68.2 Å². The molecule has 11 heteroatoms. The number of hydrogen-bond donors (Lipinski definition) is 2. The van der Waals surface area contributed by atoms with Gasteiger partial charge in [-0.1, -0.05) is 13.0 Å². The van der Waals surface area contributed by atoms with Gasteiger partial charge in [0, 0.05) is 43.8 Å². The van der Waals surface area contributed by atoms with E-state index in [0.29, 0.717) is 41.9 Å². The zero-order valence-electron chi connectivity index (χ0n) is 21.9. The highest BCUT2D eigenvalue weighted by atomic mass is 16.6. The van der Waals surface area contributed by atoms with E-state index in [4.69, 9.17) is 15.0 Å². The fraction of sp³-hybridized carbons (Fsp3) is 0.407. The first-order valence-electron chi connectivity index (χ1n) is 12.5. The van der Waals surface area contributed by atoms with Gasteiger partial charge < -0.3 is 25.0 Å². The number of fused-ring (bicyclic) bond motifs is 1. The Balaban J connectivity index is 1.47. The van der Waals surface area contributed by atoms with Gasteiger partial charge in [-0.25, -0.2) is 19.7 Å². The minimum Gasteiger partial charge on any atom is -0.505 e. The molecule has 1 saturated heterocycles. The number of aromatic hydroxyl groups is 1. The highest BCUT2D eigenvalue weighted by Gasteiger charge is 2.32. The van der Waals surface area contributed by atoms with Gasteiger partial charge in [-0.2, -0.15) is 5.26 Å². The summed E-state index contributed by atoms with van der Waals surface area (Å²) in [5, 5.41) is 22.8. The Labute approximate surface area is 221 Å². The fourth-order valence-corrected chi connectivity index (χ4v) is 4.26. The van der Waals surface area contributed by atoms with Crippen LogP contribution in [0.4, 0.5) is 10.6 Å². The number of piperazine rings is 1. The van der Waals surface area contributed by atoms with Gasteiger partial charge >= 0.3 is 6.09 Å². The molecule has 198 valence electrons. The monoisotopic (exact) mass is 517 g/mol. The van der Waals surface area contributed by atoms with Crippen LogP contribution in [0, 0.1) is 11.3 Å². The molecule has 0 bridgehead atoms. The van der Waals surface area contributed by atoms with Crippen molar-refractivity contribution in [3.63, 3.8) is 0 Å². The van der Waals surface area contributed by atoms with Crippen molar-refractivity contribution < 1.29 is 19.4 Å². The molecule has 0 unspecified atom stereocenters. The lowest BCUT2D eigenvalue weighted by Crippen LogP contribution is -2.55. The maximum Gasteiger partial charge on any atom is 0.410 e. The van der Waals surface area contributed by atoms with Crippen molar-refractivity contribution >= 4 is 28.7 Å². The number of hydrogen-bond acceptors (Lipinski definition) is 9. The lowest BCUT2D eigenvalue weighted by Gasteiger charge is -2.42. The van der Waals surface area contributed by atoms with E-state index in [1.54, 1.807) is 29.2 Å². The Bertz CT molecular complexity index is 1380. The predicted molar refractivity (Wildman–Crippen MR) is 141 cm³/mol. The van der Waals surface area contributed by atoms with Crippen LogP contribution in [0.25, 0.3) is 10.9 Å². The normalized spacial score (nSPS) is 15.7. The summed E-state index contributed by atoms with van der Waals surface area (Å²) in [7, 11) is 0. The van der Waals surface area contributed by atoms with Crippen LogP contribution >= 0.6 is 0 Å². The summed E-state index contributed by atoms with van der Waals surface area (Å²) >= 11 is 0. The average molecular weight is 518 g/mol. The molecule has 2 amide bonds. The molecule has 3 aromatic rings. The van der Waals surface area contributed by atoms with E-state index >= 15 is 0 Å². The summed E-state index contributed by atoms with van der Waals surface area (Å²) in [6.07, 6.45) is 3.46. The minimum atomic E-state index is -0.554. The van der Waals surface area contributed by atoms with E-state index in [0.717, 1.165) is 6.42 Å². The van der Waals surface area contributed by atoms with E-state index < -0.39 is 11.5 Å². The third-order valence-corrected chi connectivity index (χ3v) is 6.21. The number of pyridine rings is 3. The first-order valence-corrected chi connectivity index (χ1v) is 12.5. The first kappa shape index (κ1) is 26.6. The third kappa shape index (κ3) is 5.91.